The fraction of sp³-hybridized carbons (Fsp3) is 0.875. The molecule has 2 rings (SSSR count). The molecule has 3 nitrogen and oxygen atoms in total. The Bertz CT molecular complexity index is 181. The van der Waals surface area contributed by atoms with Gasteiger partial charge in [0.2, 0.25) is 5.91 Å². The van der Waals surface area contributed by atoms with Crippen LogP contribution in [-0.2, 0) is 9.53 Å². The summed E-state index contributed by atoms with van der Waals surface area (Å²) in [5.41, 5.74) is 0. The highest BCUT2D eigenvalue weighted by Gasteiger charge is 2.44. The molecule has 3 heteroatoms. The highest BCUT2D eigenvalue weighted by molar-refractivity contribution is 5.76. The zero-order valence-corrected chi connectivity index (χ0v) is 6.75. The summed E-state index contributed by atoms with van der Waals surface area (Å²) in [5, 5.41) is 0. The lowest BCUT2D eigenvalue weighted by atomic mass is 10.1. The highest BCUT2D eigenvalue weighted by Crippen LogP contribution is 2.30. The largest absolute Gasteiger partial charge is 0.368 e. The minimum Gasteiger partial charge on any atom is -0.368 e. The van der Waals surface area contributed by atoms with Crippen LogP contribution in [0.3, 0.4) is 0 Å². The number of epoxide rings is 1. The first-order valence-corrected chi connectivity index (χ1v) is 4.24. The third-order valence-electron chi connectivity index (χ3n) is 2.43. The van der Waals surface area contributed by atoms with Crippen LogP contribution in [0, 0.1) is 0 Å². The summed E-state index contributed by atoms with van der Waals surface area (Å²) in [4.78, 5) is 13.1. The number of carbonyl (C=O) groups is 1. The van der Waals surface area contributed by atoms with E-state index < -0.39 is 0 Å². The van der Waals surface area contributed by atoms with Crippen LogP contribution in [0.2, 0.25) is 0 Å². The van der Waals surface area contributed by atoms with Gasteiger partial charge in [0.05, 0.1) is 6.10 Å². The number of fused-ring (bicyclic) bond motifs is 1. The molecule has 0 aromatic heterocycles. The average Bonchev–Trinajstić information content (AvgIpc) is 2.80. The van der Waals surface area contributed by atoms with Crippen molar-refractivity contribution in [1.82, 2.24) is 4.90 Å². The van der Waals surface area contributed by atoms with E-state index in [1.165, 1.54) is 0 Å². The lowest BCUT2D eigenvalue weighted by molar-refractivity contribution is -0.131. The Morgan fingerprint density at radius 3 is 3.09 bits per heavy atom. The van der Waals surface area contributed by atoms with Crippen molar-refractivity contribution in [3.05, 3.63) is 0 Å². The standard InChI is InChI=1S/C8H13NO2/c1-2-8(10)9-4-3-6-7(5-9)11-6/h6-7H,2-5H2,1H3/t6-,7-/m0/s1. The number of likely N-dealkylation sites (tertiary alicyclic amines) is 1. The van der Waals surface area contributed by atoms with Gasteiger partial charge < -0.3 is 9.64 Å². The van der Waals surface area contributed by atoms with Crippen molar-refractivity contribution in [3.63, 3.8) is 0 Å². The maximum atomic E-state index is 11.2. The van der Waals surface area contributed by atoms with Gasteiger partial charge in [-0.25, -0.2) is 0 Å². The van der Waals surface area contributed by atoms with Gasteiger partial charge in [-0.05, 0) is 6.42 Å². The molecular weight excluding hydrogens is 142 g/mol. The topological polar surface area (TPSA) is 32.8 Å². The lowest BCUT2D eigenvalue weighted by Gasteiger charge is -2.23. The molecule has 0 aromatic carbocycles. The van der Waals surface area contributed by atoms with Crippen molar-refractivity contribution in [2.75, 3.05) is 13.1 Å². The summed E-state index contributed by atoms with van der Waals surface area (Å²) in [7, 11) is 0. The molecule has 1 amide bonds. The Hall–Kier alpha value is -0.570. The van der Waals surface area contributed by atoms with Crippen molar-refractivity contribution in [3.8, 4) is 0 Å². The van der Waals surface area contributed by atoms with E-state index in [1.807, 2.05) is 11.8 Å². The molecule has 62 valence electrons. The van der Waals surface area contributed by atoms with Crippen molar-refractivity contribution in [2.24, 2.45) is 0 Å². The van der Waals surface area contributed by atoms with Crippen LogP contribution in [-0.4, -0.2) is 36.1 Å². The molecule has 0 saturated carbocycles. The van der Waals surface area contributed by atoms with E-state index >= 15 is 0 Å². The maximum Gasteiger partial charge on any atom is 0.222 e. The van der Waals surface area contributed by atoms with Gasteiger partial charge in [-0.1, -0.05) is 6.92 Å². The monoisotopic (exact) mass is 155 g/mol. The first kappa shape index (κ1) is 7.10. The summed E-state index contributed by atoms with van der Waals surface area (Å²) >= 11 is 0. The second kappa shape index (κ2) is 2.48. The minimum atomic E-state index is 0.263. The quantitative estimate of drug-likeness (QED) is 0.513. The van der Waals surface area contributed by atoms with Crippen LogP contribution in [0.15, 0.2) is 0 Å². The average molecular weight is 155 g/mol. The molecule has 0 aromatic rings. The first-order chi connectivity index (χ1) is 5.31. The van der Waals surface area contributed by atoms with Crippen molar-refractivity contribution >= 4 is 5.91 Å². The fourth-order valence-electron chi connectivity index (χ4n) is 1.64. The summed E-state index contributed by atoms with van der Waals surface area (Å²) < 4.78 is 5.31. The Morgan fingerprint density at radius 1 is 1.64 bits per heavy atom. The Balaban J connectivity index is 1.89. The molecule has 0 N–H and O–H groups in total. The molecule has 0 unspecified atom stereocenters. The van der Waals surface area contributed by atoms with E-state index in [0.717, 1.165) is 19.5 Å². The van der Waals surface area contributed by atoms with Crippen molar-refractivity contribution < 1.29 is 9.53 Å². The van der Waals surface area contributed by atoms with Gasteiger partial charge >= 0.3 is 0 Å². The zero-order chi connectivity index (χ0) is 7.84. The molecule has 2 heterocycles. The molecule has 0 spiro atoms. The molecule has 2 aliphatic heterocycles. The van der Waals surface area contributed by atoms with Gasteiger partial charge in [0.15, 0.2) is 0 Å². The highest BCUT2D eigenvalue weighted by atomic mass is 16.6. The number of piperidine rings is 1. The predicted octanol–water partition coefficient (Wildman–Crippen LogP) is 0.396. The predicted molar refractivity (Wildman–Crippen MR) is 40.1 cm³/mol. The van der Waals surface area contributed by atoms with E-state index in [0.29, 0.717) is 18.6 Å². The van der Waals surface area contributed by atoms with Crippen LogP contribution in [0.4, 0.5) is 0 Å². The van der Waals surface area contributed by atoms with Crippen LogP contribution >= 0.6 is 0 Å². The third kappa shape index (κ3) is 1.25. The smallest absolute Gasteiger partial charge is 0.222 e. The van der Waals surface area contributed by atoms with Crippen molar-refractivity contribution in [2.45, 2.75) is 32.0 Å². The molecule has 0 bridgehead atoms. The van der Waals surface area contributed by atoms with Crippen molar-refractivity contribution in [1.29, 1.82) is 0 Å². The van der Waals surface area contributed by atoms with Gasteiger partial charge in [-0.3, -0.25) is 4.79 Å². The number of hydrogen-bond acceptors (Lipinski definition) is 2. The zero-order valence-electron chi connectivity index (χ0n) is 6.75. The van der Waals surface area contributed by atoms with E-state index in [2.05, 4.69) is 0 Å². The molecular formula is C8H13NO2. The molecule has 0 aliphatic carbocycles. The minimum absolute atomic E-state index is 0.263. The molecule has 2 fully saturated rings. The summed E-state index contributed by atoms with van der Waals surface area (Å²) in [6.07, 6.45) is 2.52. The summed E-state index contributed by atoms with van der Waals surface area (Å²) in [6.45, 7) is 3.63. The number of nitrogens with zero attached hydrogens (tertiary/aromatic N) is 1. The molecule has 2 saturated heterocycles. The molecule has 11 heavy (non-hydrogen) atoms. The Kier molecular flexibility index (Phi) is 1.60. The second-order valence-corrected chi connectivity index (χ2v) is 3.19. The van der Waals surface area contributed by atoms with Gasteiger partial charge in [-0.2, -0.15) is 0 Å². The molecule has 2 atom stereocenters. The van der Waals surface area contributed by atoms with Crippen LogP contribution in [0.1, 0.15) is 19.8 Å². The number of rotatable bonds is 1. The number of carbonyl (C=O) groups excluding carboxylic acids is 1. The Morgan fingerprint density at radius 2 is 2.45 bits per heavy atom. The van der Waals surface area contributed by atoms with E-state index in [-0.39, 0.29) is 5.91 Å². The van der Waals surface area contributed by atoms with Crippen LogP contribution in [0.25, 0.3) is 0 Å². The number of hydrogen-bond donors (Lipinski definition) is 0. The first-order valence-electron chi connectivity index (χ1n) is 4.24. The number of ether oxygens (including phenoxy) is 1. The van der Waals surface area contributed by atoms with E-state index in [9.17, 15) is 4.79 Å². The van der Waals surface area contributed by atoms with E-state index in [4.69, 9.17) is 4.74 Å². The second-order valence-electron chi connectivity index (χ2n) is 3.19. The molecule has 0 radical (unpaired) electrons. The third-order valence-corrected chi connectivity index (χ3v) is 2.43. The van der Waals surface area contributed by atoms with Gasteiger partial charge in [0, 0.05) is 19.5 Å². The maximum absolute atomic E-state index is 11.2. The van der Waals surface area contributed by atoms with Crippen LogP contribution in [0.5, 0.6) is 0 Å². The SMILES string of the molecule is CCC(=O)N1CC[C@@H]2O[C@H]2C1. The summed E-state index contributed by atoms with van der Waals surface area (Å²) in [5.74, 6) is 0.263. The van der Waals surface area contributed by atoms with Gasteiger partial charge in [0.25, 0.3) is 0 Å². The van der Waals surface area contributed by atoms with E-state index in [1.54, 1.807) is 0 Å². The number of amides is 1. The van der Waals surface area contributed by atoms with Gasteiger partial charge in [-0.15, -0.1) is 0 Å². The van der Waals surface area contributed by atoms with Gasteiger partial charge in [0.1, 0.15) is 6.10 Å². The van der Waals surface area contributed by atoms with Crippen LogP contribution < -0.4 is 0 Å². The lowest BCUT2D eigenvalue weighted by Crippen LogP contribution is -2.38. The normalized spacial score (nSPS) is 34.8. The Labute approximate surface area is 66.3 Å². The summed E-state index contributed by atoms with van der Waals surface area (Å²) in [6, 6.07) is 0. The fourth-order valence-corrected chi connectivity index (χ4v) is 1.64. The molecule has 2 aliphatic rings.